The molecule has 0 aliphatic heterocycles. The Bertz CT molecular complexity index is 106. The molecule has 0 spiro atoms. The Morgan fingerprint density at radius 2 is 1.92 bits per heavy atom. The Kier molecular flexibility index (Phi) is 16.3. The van der Waals surface area contributed by atoms with Crippen LogP contribution in [0.25, 0.3) is 0 Å². The van der Waals surface area contributed by atoms with Crippen molar-refractivity contribution < 1.29 is 15.4 Å². The lowest BCUT2D eigenvalue weighted by molar-refractivity contribution is -0.142. The lowest BCUT2D eigenvalue weighted by atomic mass is 10.00. The Balaban J connectivity index is -0.000000405. The van der Waals surface area contributed by atoms with E-state index >= 15 is 0 Å². The average molecular weight is 191 g/mol. The zero-order chi connectivity index (χ0) is 7.98. The van der Waals surface area contributed by atoms with Gasteiger partial charge in [0.15, 0.2) is 0 Å². The van der Waals surface area contributed by atoms with E-state index in [0.717, 1.165) is 25.7 Å². The summed E-state index contributed by atoms with van der Waals surface area (Å²) in [4.78, 5) is 10.4. The van der Waals surface area contributed by atoms with E-state index in [4.69, 9.17) is 5.11 Å². The fraction of sp³-hybridized carbons (Fsp3) is 0.875. The van der Waals surface area contributed by atoms with E-state index in [1.165, 1.54) is 0 Å². The molecule has 1 atom stereocenters. The highest BCUT2D eigenvalue weighted by Gasteiger charge is 2.12. The molecule has 0 heterocycles. The van der Waals surface area contributed by atoms with Gasteiger partial charge in [0.1, 0.15) is 17.4 Å². The van der Waals surface area contributed by atoms with Crippen LogP contribution in [-0.2, 0) is 4.79 Å². The van der Waals surface area contributed by atoms with Gasteiger partial charge in [-0.3, -0.25) is 4.79 Å². The number of hydrogen-bond acceptors (Lipinski definition) is 1. The van der Waals surface area contributed by atoms with Crippen molar-refractivity contribution in [1.82, 2.24) is 0 Å². The average Bonchev–Trinajstić information content (AvgIpc) is 1.89. The summed E-state index contributed by atoms with van der Waals surface area (Å²) in [6, 6.07) is 0. The second kappa shape index (κ2) is 11.0. The molecule has 0 saturated heterocycles. The van der Waals surface area contributed by atoms with Gasteiger partial charge in [-0.15, -0.1) is 0 Å². The predicted octanol–water partition coefficient (Wildman–Crippen LogP) is 0.546. The fourth-order valence-electron chi connectivity index (χ4n) is 0.953. The van der Waals surface area contributed by atoms with Gasteiger partial charge in [-0.25, -0.2) is 0 Å². The highest BCUT2D eigenvalue weighted by molar-refractivity contribution is 5.75. The lowest BCUT2D eigenvalue weighted by Gasteiger charge is -2.06. The summed E-state index contributed by atoms with van der Waals surface area (Å²) in [7, 11) is 0. The van der Waals surface area contributed by atoms with Crippen LogP contribution in [0.3, 0.4) is 0 Å². The van der Waals surface area contributed by atoms with Crippen LogP contribution in [0.15, 0.2) is 0 Å². The minimum atomic E-state index is -0.643. The summed E-state index contributed by atoms with van der Waals surface area (Å²) in [5.74, 6) is -0.754. The van der Waals surface area contributed by atoms with Crippen LogP contribution in [0.2, 0.25) is 0 Å². The molecule has 0 aromatic carbocycles. The van der Waals surface area contributed by atoms with Crippen LogP contribution in [0.5, 0.6) is 0 Å². The van der Waals surface area contributed by atoms with Crippen molar-refractivity contribution in [2.24, 2.45) is 5.92 Å². The number of aliphatic carboxylic acids is 1. The zero-order valence-electron chi connectivity index (χ0n) is 8.26. The number of carboxylic acids is 1. The van der Waals surface area contributed by atoms with Gasteiger partial charge in [0.25, 0.3) is 0 Å². The molecule has 0 aromatic rings. The predicted molar refractivity (Wildman–Crippen MR) is 53.1 cm³/mol. The van der Waals surface area contributed by atoms with Crippen LogP contribution >= 0.6 is 0 Å². The van der Waals surface area contributed by atoms with E-state index in [-0.39, 0.29) is 28.8 Å². The molecule has 4 heteroatoms. The molecule has 1 unspecified atom stereocenters. The Hall–Kier alpha value is -0.0375. The van der Waals surface area contributed by atoms with Gasteiger partial charge < -0.3 is 10.6 Å². The highest BCUT2D eigenvalue weighted by atomic mass is 27.0. The van der Waals surface area contributed by atoms with Crippen molar-refractivity contribution in [3.8, 4) is 0 Å². The van der Waals surface area contributed by atoms with Crippen molar-refractivity contribution in [1.29, 1.82) is 0 Å². The molecule has 0 fully saturated rings. The van der Waals surface area contributed by atoms with Crippen molar-refractivity contribution in [2.75, 3.05) is 0 Å². The third-order valence-corrected chi connectivity index (χ3v) is 1.75. The molecule has 73 valence electrons. The van der Waals surface area contributed by atoms with Gasteiger partial charge in [-0.2, -0.15) is 0 Å². The molecule has 12 heavy (non-hydrogen) atoms. The molecular formula is C8H20AlO3. The zero-order valence-corrected chi connectivity index (χ0v) is 10.3. The summed E-state index contributed by atoms with van der Waals surface area (Å²) >= 11 is 0. The smallest absolute Gasteiger partial charge is 0.306 e. The van der Waals surface area contributed by atoms with Gasteiger partial charge >= 0.3 is 5.97 Å². The summed E-state index contributed by atoms with van der Waals surface area (Å²) in [5.41, 5.74) is 0. The lowest BCUT2D eigenvalue weighted by Crippen LogP contribution is -2.11. The Labute approximate surface area is 84.6 Å². The first-order valence-corrected chi connectivity index (χ1v) is 3.95. The summed E-state index contributed by atoms with van der Waals surface area (Å²) < 4.78 is 0. The summed E-state index contributed by atoms with van der Waals surface area (Å²) in [6.45, 7) is 4.00. The van der Waals surface area contributed by atoms with Crippen molar-refractivity contribution in [3.63, 3.8) is 0 Å². The first kappa shape index (κ1) is 17.9. The maximum absolute atomic E-state index is 10.4. The maximum atomic E-state index is 10.4. The van der Waals surface area contributed by atoms with Crippen LogP contribution in [0.1, 0.15) is 39.5 Å². The van der Waals surface area contributed by atoms with Crippen molar-refractivity contribution >= 4 is 23.3 Å². The second-order valence-corrected chi connectivity index (χ2v) is 2.59. The van der Waals surface area contributed by atoms with E-state index in [9.17, 15) is 4.79 Å². The number of hydrogen-bond donors (Lipinski definition) is 1. The van der Waals surface area contributed by atoms with Gasteiger partial charge in [0, 0.05) is 0 Å². The minimum absolute atomic E-state index is 0. The third-order valence-electron chi connectivity index (χ3n) is 1.75. The van der Waals surface area contributed by atoms with E-state index in [1.54, 1.807) is 0 Å². The van der Waals surface area contributed by atoms with E-state index in [2.05, 4.69) is 6.92 Å². The molecule has 0 aliphatic rings. The molecule has 0 saturated carbocycles. The molecule has 1 radical (unpaired) electrons. The first-order chi connectivity index (χ1) is 4.72. The number of unbranched alkanes of at least 4 members (excludes halogenated alkanes) is 1. The molecule has 0 bridgehead atoms. The summed E-state index contributed by atoms with van der Waals surface area (Å²) in [6.07, 6.45) is 3.71. The second-order valence-electron chi connectivity index (χ2n) is 2.59. The summed E-state index contributed by atoms with van der Waals surface area (Å²) in [5, 5.41) is 8.60. The Morgan fingerprint density at radius 3 is 2.17 bits per heavy atom. The van der Waals surface area contributed by atoms with Crippen LogP contribution in [-0.4, -0.2) is 33.9 Å². The largest absolute Gasteiger partial charge is 0.481 e. The number of rotatable bonds is 5. The third kappa shape index (κ3) is 8.06. The van der Waals surface area contributed by atoms with E-state index in [0.29, 0.717) is 0 Å². The van der Waals surface area contributed by atoms with Gasteiger partial charge in [-0.1, -0.05) is 26.7 Å². The molecule has 3 nitrogen and oxygen atoms in total. The molecule has 0 aromatic heterocycles. The molecule has 0 amide bonds. The minimum Gasteiger partial charge on any atom is -0.481 e. The number of carboxylic acid groups (broad SMARTS) is 1. The monoisotopic (exact) mass is 191 g/mol. The molecule has 0 rings (SSSR count). The molecule has 3 N–H and O–H groups in total. The van der Waals surface area contributed by atoms with Gasteiger partial charge in [0.2, 0.25) is 0 Å². The van der Waals surface area contributed by atoms with Crippen LogP contribution in [0.4, 0.5) is 0 Å². The number of carbonyl (C=O) groups is 1. The van der Waals surface area contributed by atoms with Crippen molar-refractivity contribution in [3.05, 3.63) is 0 Å². The standard InChI is InChI=1S/C8H16O2.Al.H2O.2H/c1-3-5-6-7(4-2)8(9)10;;;;/h7H,3-6H2,1-2H3,(H,9,10);;1H2;;. The topological polar surface area (TPSA) is 68.8 Å². The maximum Gasteiger partial charge on any atom is 0.306 e. The van der Waals surface area contributed by atoms with E-state index < -0.39 is 5.97 Å². The van der Waals surface area contributed by atoms with Crippen LogP contribution in [0, 0.1) is 5.92 Å². The van der Waals surface area contributed by atoms with Gasteiger partial charge in [0.05, 0.1) is 5.92 Å². The molecule has 0 aliphatic carbocycles. The SMILES string of the molecule is CCCCC(CC)C(=O)O.O.[AlH2]. The van der Waals surface area contributed by atoms with Crippen LogP contribution < -0.4 is 0 Å². The van der Waals surface area contributed by atoms with Crippen molar-refractivity contribution in [2.45, 2.75) is 39.5 Å². The van der Waals surface area contributed by atoms with E-state index in [1.807, 2.05) is 6.92 Å². The van der Waals surface area contributed by atoms with Gasteiger partial charge in [-0.05, 0) is 12.8 Å². The first-order valence-electron chi connectivity index (χ1n) is 3.95. The molecular weight excluding hydrogens is 171 g/mol. The Morgan fingerprint density at radius 1 is 1.42 bits per heavy atom. The quantitative estimate of drug-likeness (QED) is 0.644. The fourth-order valence-corrected chi connectivity index (χ4v) is 0.953. The normalized spacial score (nSPS) is 10.8. The highest BCUT2D eigenvalue weighted by Crippen LogP contribution is 2.11.